The molecule has 5 nitrogen and oxygen atoms in total. The maximum Gasteiger partial charge on any atom is 0.255 e. The van der Waals surface area contributed by atoms with Gasteiger partial charge in [0.25, 0.3) is 5.91 Å². The number of thiophene rings is 1. The van der Waals surface area contributed by atoms with Crippen LogP contribution in [0.2, 0.25) is 5.02 Å². The molecule has 23 heavy (non-hydrogen) atoms. The first-order valence-electron chi connectivity index (χ1n) is 7.13. The molecule has 0 N–H and O–H groups in total. The van der Waals surface area contributed by atoms with Gasteiger partial charge in [0.1, 0.15) is 0 Å². The molecule has 0 unspecified atom stereocenters. The summed E-state index contributed by atoms with van der Waals surface area (Å²) in [6.45, 7) is 1.13. The fraction of sp³-hybridized carbons (Fsp3) is 0.188. The molecule has 0 aliphatic carbocycles. The quantitative estimate of drug-likeness (QED) is 0.726. The normalized spacial score (nSPS) is 14.7. The number of benzene rings is 1. The van der Waals surface area contributed by atoms with E-state index in [2.05, 4.69) is 10.1 Å². The highest BCUT2D eigenvalue weighted by Crippen LogP contribution is 2.30. The van der Waals surface area contributed by atoms with Crippen LogP contribution in [0, 0.1) is 0 Å². The number of rotatable bonds is 3. The fourth-order valence-corrected chi connectivity index (χ4v) is 3.38. The molecule has 3 aromatic rings. The topological polar surface area (TPSA) is 59.2 Å². The Bertz CT molecular complexity index is 841. The van der Waals surface area contributed by atoms with E-state index in [9.17, 15) is 4.79 Å². The summed E-state index contributed by atoms with van der Waals surface area (Å²) in [5.41, 5.74) is 0.525. The van der Waals surface area contributed by atoms with E-state index in [0.717, 1.165) is 4.88 Å². The number of halogens is 1. The van der Waals surface area contributed by atoms with Crippen LogP contribution < -0.4 is 0 Å². The molecule has 0 atom stereocenters. The number of hydrogen-bond acceptors (Lipinski definition) is 5. The lowest BCUT2D eigenvalue weighted by molar-refractivity contribution is 0.0569. The first kappa shape index (κ1) is 14.4. The number of amides is 1. The molecule has 1 aliphatic rings. The van der Waals surface area contributed by atoms with Crippen molar-refractivity contribution in [3.63, 3.8) is 0 Å². The molecule has 1 saturated heterocycles. The molecule has 0 bridgehead atoms. The highest BCUT2D eigenvalue weighted by molar-refractivity contribution is 7.13. The zero-order valence-corrected chi connectivity index (χ0v) is 13.5. The Morgan fingerprint density at radius 3 is 2.83 bits per heavy atom. The van der Waals surface area contributed by atoms with Crippen molar-refractivity contribution in [2.75, 3.05) is 13.1 Å². The molecule has 1 fully saturated rings. The van der Waals surface area contributed by atoms with Crippen LogP contribution in [0.25, 0.3) is 10.7 Å². The lowest BCUT2D eigenvalue weighted by Gasteiger charge is -2.37. The second-order valence-electron chi connectivity index (χ2n) is 5.32. The Hall–Kier alpha value is -2.18. The predicted octanol–water partition coefficient (Wildman–Crippen LogP) is 3.69. The van der Waals surface area contributed by atoms with E-state index in [1.807, 2.05) is 29.6 Å². The molecule has 116 valence electrons. The van der Waals surface area contributed by atoms with Crippen molar-refractivity contribution >= 4 is 28.8 Å². The van der Waals surface area contributed by atoms with E-state index in [4.69, 9.17) is 16.1 Å². The fourth-order valence-electron chi connectivity index (χ4n) is 2.51. The lowest BCUT2D eigenvalue weighted by Crippen LogP contribution is -2.48. The Morgan fingerprint density at radius 1 is 1.26 bits per heavy atom. The van der Waals surface area contributed by atoms with Crippen LogP contribution in [-0.2, 0) is 0 Å². The standard InChI is InChI=1S/C16H12ClN3O2S/c17-12-5-2-1-4-11(12)16(21)20-8-10(9-20)15-18-14(19-22-15)13-6-3-7-23-13/h1-7,10H,8-9H2. The molecule has 2 aromatic heterocycles. The summed E-state index contributed by atoms with van der Waals surface area (Å²) < 4.78 is 5.33. The smallest absolute Gasteiger partial charge is 0.255 e. The third-order valence-electron chi connectivity index (χ3n) is 3.81. The van der Waals surface area contributed by atoms with Crippen LogP contribution >= 0.6 is 22.9 Å². The largest absolute Gasteiger partial charge is 0.339 e. The first-order chi connectivity index (χ1) is 11.2. The monoisotopic (exact) mass is 345 g/mol. The molecular formula is C16H12ClN3O2S. The van der Waals surface area contributed by atoms with Gasteiger partial charge in [0.2, 0.25) is 11.7 Å². The third kappa shape index (κ3) is 2.64. The minimum absolute atomic E-state index is 0.0650. The Balaban J connectivity index is 1.44. The maximum absolute atomic E-state index is 12.4. The van der Waals surface area contributed by atoms with Crippen molar-refractivity contribution in [2.24, 2.45) is 0 Å². The summed E-state index contributed by atoms with van der Waals surface area (Å²) in [7, 11) is 0. The average Bonchev–Trinajstić information content (AvgIpc) is 3.17. The van der Waals surface area contributed by atoms with E-state index in [1.54, 1.807) is 28.4 Å². The van der Waals surface area contributed by atoms with Gasteiger partial charge in [0.15, 0.2) is 0 Å². The third-order valence-corrected chi connectivity index (χ3v) is 5.00. The molecule has 4 rings (SSSR count). The second kappa shape index (κ2) is 5.79. The van der Waals surface area contributed by atoms with E-state index in [0.29, 0.717) is 35.4 Å². The highest BCUT2D eigenvalue weighted by atomic mass is 35.5. The van der Waals surface area contributed by atoms with Gasteiger partial charge in [0.05, 0.1) is 21.4 Å². The van der Waals surface area contributed by atoms with Gasteiger partial charge in [-0.2, -0.15) is 4.98 Å². The summed E-state index contributed by atoms with van der Waals surface area (Å²) in [5.74, 6) is 1.20. The van der Waals surface area contributed by atoms with Gasteiger partial charge in [-0.15, -0.1) is 11.3 Å². The minimum atomic E-state index is -0.0650. The van der Waals surface area contributed by atoms with Crippen molar-refractivity contribution in [2.45, 2.75) is 5.92 Å². The Labute approximate surface area is 141 Å². The number of carbonyl (C=O) groups is 1. The van der Waals surface area contributed by atoms with Gasteiger partial charge >= 0.3 is 0 Å². The van der Waals surface area contributed by atoms with Crippen molar-refractivity contribution < 1.29 is 9.32 Å². The van der Waals surface area contributed by atoms with Crippen LogP contribution in [0.3, 0.4) is 0 Å². The van der Waals surface area contributed by atoms with Crippen LogP contribution in [0.4, 0.5) is 0 Å². The number of carbonyl (C=O) groups excluding carboxylic acids is 1. The predicted molar refractivity (Wildman–Crippen MR) is 87.7 cm³/mol. The molecule has 1 amide bonds. The summed E-state index contributed by atoms with van der Waals surface area (Å²) in [6, 6.07) is 11.0. The zero-order chi connectivity index (χ0) is 15.8. The number of hydrogen-bond donors (Lipinski definition) is 0. The van der Waals surface area contributed by atoms with Gasteiger partial charge in [-0.05, 0) is 23.6 Å². The first-order valence-corrected chi connectivity index (χ1v) is 8.39. The molecule has 0 radical (unpaired) electrons. The SMILES string of the molecule is O=C(c1ccccc1Cl)N1CC(c2nc(-c3cccs3)no2)C1. The van der Waals surface area contributed by atoms with Gasteiger partial charge in [-0.1, -0.05) is 35.0 Å². The summed E-state index contributed by atoms with van der Waals surface area (Å²) in [6.07, 6.45) is 0. The van der Waals surface area contributed by atoms with Crippen molar-refractivity contribution in [3.8, 4) is 10.7 Å². The summed E-state index contributed by atoms with van der Waals surface area (Å²) >= 11 is 7.64. The second-order valence-corrected chi connectivity index (χ2v) is 6.68. The van der Waals surface area contributed by atoms with Crippen LogP contribution in [0.15, 0.2) is 46.3 Å². The van der Waals surface area contributed by atoms with E-state index in [1.165, 1.54) is 0 Å². The van der Waals surface area contributed by atoms with Crippen LogP contribution in [-0.4, -0.2) is 34.0 Å². The van der Waals surface area contributed by atoms with Gasteiger partial charge in [-0.25, -0.2) is 0 Å². The molecule has 0 saturated carbocycles. The van der Waals surface area contributed by atoms with Crippen molar-refractivity contribution in [1.29, 1.82) is 0 Å². The molecule has 1 aliphatic heterocycles. The van der Waals surface area contributed by atoms with Crippen molar-refractivity contribution in [1.82, 2.24) is 15.0 Å². The number of likely N-dealkylation sites (tertiary alicyclic amines) is 1. The average molecular weight is 346 g/mol. The van der Waals surface area contributed by atoms with Crippen LogP contribution in [0.5, 0.6) is 0 Å². The summed E-state index contributed by atoms with van der Waals surface area (Å²) in [4.78, 5) is 19.5. The molecule has 3 heterocycles. The van der Waals surface area contributed by atoms with Crippen LogP contribution in [0.1, 0.15) is 22.2 Å². The van der Waals surface area contributed by atoms with E-state index in [-0.39, 0.29) is 11.8 Å². The molecule has 1 aromatic carbocycles. The van der Waals surface area contributed by atoms with E-state index >= 15 is 0 Å². The van der Waals surface area contributed by atoms with Crippen molar-refractivity contribution in [3.05, 3.63) is 58.3 Å². The highest BCUT2D eigenvalue weighted by Gasteiger charge is 2.36. The molecule has 0 spiro atoms. The van der Waals surface area contributed by atoms with Gasteiger partial charge < -0.3 is 9.42 Å². The Morgan fingerprint density at radius 2 is 2.09 bits per heavy atom. The zero-order valence-electron chi connectivity index (χ0n) is 12.0. The minimum Gasteiger partial charge on any atom is -0.339 e. The van der Waals surface area contributed by atoms with Gasteiger partial charge in [0, 0.05) is 13.1 Å². The van der Waals surface area contributed by atoms with E-state index < -0.39 is 0 Å². The maximum atomic E-state index is 12.4. The lowest BCUT2D eigenvalue weighted by atomic mass is 9.99. The molecular weight excluding hydrogens is 334 g/mol. The van der Waals surface area contributed by atoms with Gasteiger partial charge in [-0.3, -0.25) is 4.79 Å². The number of nitrogens with zero attached hydrogens (tertiary/aromatic N) is 3. The molecule has 7 heteroatoms. The number of aromatic nitrogens is 2. The summed E-state index contributed by atoms with van der Waals surface area (Å²) in [5, 5.41) is 6.45. The Kier molecular flexibility index (Phi) is 3.63.